The molecule has 0 aromatic carbocycles. The lowest BCUT2D eigenvalue weighted by Gasteiger charge is -2.20. The van der Waals surface area contributed by atoms with Crippen LogP contribution < -0.4 is 0 Å². The number of hydrogen-bond donors (Lipinski definition) is 0. The molecular weight excluding hydrogens is 508 g/mol. The Morgan fingerprint density at radius 3 is 1.50 bits per heavy atom. The topological polar surface area (TPSA) is 9.23 Å². The molecule has 0 atom stereocenters. The van der Waals surface area contributed by atoms with E-state index >= 15 is 0 Å². The van der Waals surface area contributed by atoms with E-state index in [1.807, 2.05) is 0 Å². The molecule has 0 aromatic rings. The van der Waals surface area contributed by atoms with Gasteiger partial charge in [0.1, 0.15) is 0 Å². The highest BCUT2D eigenvalue weighted by Gasteiger charge is 2.12. The minimum Gasteiger partial charge on any atom is -0.378 e. The van der Waals surface area contributed by atoms with Crippen LogP contribution in [0.5, 0.6) is 0 Å². The van der Waals surface area contributed by atoms with Crippen LogP contribution in [0.4, 0.5) is 0 Å². The van der Waals surface area contributed by atoms with Crippen molar-refractivity contribution >= 4 is 0 Å². The van der Waals surface area contributed by atoms with Gasteiger partial charge in [0.05, 0.1) is 5.60 Å². The number of allylic oxidation sites excluding steroid dienone is 19. The molecule has 0 saturated carbocycles. The third kappa shape index (κ3) is 25.1. The van der Waals surface area contributed by atoms with Crippen molar-refractivity contribution in [3.8, 4) is 0 Å². The van der Waals surface area contributed by atoms with Crippen molar-refractivity contribution < 1.29 is 4.74 Å². The number of ether oxygens (including phenoxy) is 1. The zero-order valence-electron chi connectivity index (χ0n) is 29.3. The summed E-state index contributed by atoms with van der Waals surface area (Å²) >= 11 is 0. The maximum Gasteiger partial charge on any atom is 0.0657 e. The molecule has 1 heteroatoms. The molecule has 234 valence electrons. The zero-order valence-corrected chi connectivity index (χ0v) is 29.3. The fourth-order valence-corrected chi connectivity index (χ4v) is 4.11. The van der Waals surface area contributed by atoms with E-state index in [1.165, 1.54) is 51.9 Å². The van der Waals surface area contributed by atoms with Crippen LogP contribution in [-0.4, -0.2) is 12.7 Å². The van der Waals surface area contributed by atoms with E-state index in [1.54, 1.807) is 7.11 Å². The predicted molar refractivity (Wildman–Crippen MR) is 192 cm³/mol. The van der Waals surface area contributed by atoms with Crippen LogP contribution in [0.15, 0.2) is 118 Å². The first-order valence-electron chi connectivity index (χ1n) is 16.0. The second-order valence-corrected chi connectivity index (χ2v) is 12.7. The highest BCUT2D eigenvalue weighted by Crippen LogP contribution is 2.15. The number of rotatable bonds is 20. The SMILES string of the molecule is COC(C)(C)C/C=C/C(C)=C/C=C/C(C)=C/CC/C(C)=C/C=C/C=C(\C)CC/C=C(\C)CC/C=C(\C)CCC=C(C)C. The summed E-state index contributed by atoms with van der Waals surface area (Å²) < 4.78 is 5.46. The monoisotopic (exact) mass is 572 g/mol. The summed E-state index contributed by atoms with van der Waals surface area (Å²) in [6.07, 6.45) is 39.1. The van der Waals surface area contributed by atoms with Gasteiger partial charge in [-0.3, -0.25) is 0 Å². The Labute approximate surface area is 262 Å². The molecule has 0 radical (unpaired) electrons. The van der Waals surface area contributed by atoms with Gasteiger partial charge >= 0.3 is 0 Å². The molecule has 42 heavy (non-hydrogen) atoms. The lowest BCUT2D eigenvalue weighted by molar-refractivity contribution is 0.0255. The van der Waals surface area contributed by atoms with Gasteiger partial charge in [-0.15, -0.1) is 0 Å². The van der Waals surface area contributed by atoms with Gasteiger partial charge in [-0.05, 0) is 127 Å². The quantitative estimate of drug-likeness (QED) is 0.104. The molecule has 0 amide bonds. The second kappa shape index (κ2) is 23.9. The Morgan fingerprint density at radius 1 is 0.524 bits per heavy atom. The third-order valence-electron chi connectivity index (χ3n) is 7.29. The molecule has 0 saturated heterocycles. The van der Waals surface area contributed by atoms with Crippen LogP contribution in [0, 0.1) is 0 Å². The summed E-state index contributed by atoms with van der Waals surface area (Å²) in [5.41, 5.74) is 9.71. The van der Waals surface area contributed by atoms with Gasteiger partial charge < -0.3 is 4.74 Å². The summed E-state index contributed by atoms with van der Waals surface area (Å²) in [6.45, 7) is 21.9. The van der Waals surface area contributed by atoms with E-state index in [4.69, 9.17) is 4.74 Å². The van der Waals surface area contributed by atoms with E-state index in [-0.39, 0.29) is 5.60 Å². The molecule has 1 nitrogen and oxygen atoms in total. The first kappa shape index (κ1) is 39.4. The Bertz CT molecular complexity index is 1070. The molecule has 0 heterocycles. The van der Waals surface area contributed by atoms with Gasteiger partial charge in [-0.25, -0.2) is 0 Å². The molecule has 0 unspecified atom stereocenters. The minimum absolute atomic E-state index is 0.108. The standard InChI is InChI=1S/C41H64O/c1-34(2)20-14-23-37(5)26-17-29-38(6)27-15-24-35(3)21-12-13-22-36(4)25-16-28-39(7)30-18-31-40(8)32-19-33-41(9,10)42-11/h12-13,18-22,26-28,30-32H,14-17,23-25,29,33H2,1-11H3/b13-12+,30-18+,32-19+,35-21+,36-22+,37-26+,38-27+,39-28+,40-31+. The Morgan fingerprint density at radius 2 is 1.00 bits per heavy atom. The van der Waals surface area contributed by atoms with Crippen molar-refractivity contribution in [2.75, 3.05) is 7.11 Å². The van der Waals surface area contributed by atoms with Gasteiger partial charge in [0.25, 0.3) is 0 Å². The Balaban J connectivity index is 4.42. The average Bonchev–Trinajstić information content (AvgIpc) is 2.91. The lowest BCUT2D eigenvalue weighted by atomic mass is 10.0. The van der Waals surface area contributed by atoms with Gasteiger partial charge in [0, 0.05) is 7.11 Å². The predicted octanol–water partition coefficient (Wildman–Crippen LogP) is 13.2. The third-order valence-corrected chi connectivity index (χ3v) is 7.29. The van der Waals surface area contributed by atoms with Crippen molar-refractivity contribution in [2.45, 2.75) is 133 Å². The lowest BCUT2D eigenvalue weighted by Crippen LogP contribution is -2.20. The molecule has 0 aromatic heterocycles. The number of hydrogen-bond acceptors (Lipinski definition) is 1. The normalized spacial score (nSPS) is 15.1. The molecule has 0 aliphatic rings. The smallest absolute Gasteiger partial charge is 0.0657 e. The Hall–Kier alpha value is -2.64. The van der Waals surface area contributed by atoms with Crippen molar-refractivity contribution in [3.63, 3.8) is 0 Å². The largest absolute Gasteiger partial charge is 0.378 e. The molecule has 0 rings (SSSR count). The maximum absolute atomic E-state index is 5.46. The van der Waals surface area contributed by atoms with E-state index in [9.17, 15) is 0 Å². The van der Waals surface area contributed by atoms with Crippen molar-refractivity contribution in [1.82, 2.24) is 0 Å². The first-order chi connectivity index (χ1) is 19.8. The van der Waals surface area contributed by atoms with Crippen molar-refractivity contribution in [2.24, 2.45) is 0 Å². The minimum atomic E-state index is -0.108. The van der Waals surface area contributed by atoms with Gasteiger partial charge in [0.15, 0.2) is 0 Å². The first-order valence-corrected chi connectivity index (χ1v) is 16.0. The molecule has 0 N–H and O–H groups in total. The van der Waals surface area contributed by atoms with Crippen LogP contribution in [0.3, 0.4) is 0 Å². The molecule has 0 spiro atoms. The molecule has 0 aliphatic heterocycles. The maximum atomic E-state index is 5.46. The van der Waals surface area contributed by atoms with Gasteiger partial charge in [0.2, 0.25) is 0 Å². The number of methoxy groups -OCH3 is 1. The van der Waals surface area contributed by atoms with Crippen LogP contribution in [0.25, 0.3) is 0 Å². The van der Waals surface area contributed by atoms with E-state index in [2.05, 4.69) is 148 Å². The van der Waals surface area contributed by atoms with E-state index < -0.39 is 0 Å². The summed E-state index contributed by atoms with van der Waals surface area (Å²) in [6, 6.07) is 0. The molecular formula is C41H64O. The fourth-order valence-electron chi connectivity index (χ4n) is 4.11. The molecule has 0 fully saturated rings. The second-order valence-electron chi connectivity index (χ2n) is 12.7. The van der Waals surface area contributed by atoms with Crippen molar-refractivity contribution in [3.05, 3.63) is 118 Å². The van der Waals surface area contributed by atoms with Gasteiger partial charge in [-0.2, -0.15) is 0 Å². The van der Waals surface area contributed by atoms with E-state index in [0.29, 0.717) is 0 Å². The summed E-state index contributed by atoms with van der Waals surface area (Å²) in [4.78, 5) is 0. The fraction of sp³-hybridized carbons (Fsp3) is 0.512. The highest BCUT2D eigenvalue weighted by atomic mass is 16.5. The highest BCUT2D eigenvalue weighted by molar-refractivity contribution is 5.27. The summed E-state index contributed by atoms with van der Waals surface area (Å²) in [7, 11) is 1.76. The molecule has 0 aliphatic carbocycles. The van der Waals surface area contributed by atoms with Crippen LogP contribution in [-0.2, 0) is 4.74 Å². The summed E-state index contributed by atoms with van der Waals surface area (Å²) in [5, 5.41) is 0. The van der Waals surface area contributed by atoms with Gasteiger partial charge in [-0.1, -0.05) is 118 Å². The zero-order chi connectivity index (χ0) is 31.8. The molecule has 0 bridgehead atoms. The van der Waals surface area contributed by atoms with Crippen LogP contribution >= 0.6 is 0 Å². The summed E-state index contributed by atoms with van der Waals surface area (Å²) in [5.74, 6) is 0. The average molecular weight is 573 g/mol. The Kier molecular flexibility index (Phi) is 22.4. The van der Waals surface area contributed by atoms with Crippen LogP contribution in [0.2, 0.25) is 0 Å². The van der Waals surface area contributed by atoms with Crippen LogP contribution in [0.1, 0.15) is 127 Å². The van der Waals surface area contributed by atoms with Crippen molar-refractivity contribution in [1.29, 1.82) is 0 Å². The van der Waals surface area contributed by atoms with E-state index in [0.717, 1.165) is 44.9 Å².